The predicted octanol–water partition coefficient (Wildman–Crippen LogP) is 16.0. The standard InChI is InChI=1S/C62H46N4/c1-40-20-19-35-53(66-50-32-16-11-27-45(50)60-55(66)37-36-54-59(60)44-26-10-14-30-48(44)63(54)41-21-5-3-6-22-41)58(40)43-25-9-15-31-49(43)65-51-33-17-12-28-46(51)61-56(65)38-39-57-62(61,2)47-29-13-18-34-52(47)64(57)42-23-7-4-8-24-42/h3-19,21-40,61H,20H2,1-2H3. The predicted molar refractivity (Wildman–Crippen MR) is 276 cm³/mol. The van der Waals surface area contributed by atoms with Crippen molar-refractivity contribution in [2.45, 2.75) is 31.6 Å². The summed E-state index contributed by atoms with van der Waals surface area (Å²) in [4.78, 5) is 5.10. The first kappa shape index (κ1) is 37.3. The van der Waals surface area contributed by atoms with Crippen LogP contribution in [0.15, 0.2) is 230 Å². The van der Waals surface area contributed by atoms with Gasteiger partial charge in [-0.2, -0.15) is 0 Å². The van der Waals surface area contributed by atoms with Gasteiger partial charge in [0.15, 0.2) is 0 Å². The van der Waals surface area contributed by atoms with Crippen LogP contribution < -0.4 is 9.80 Å². The van der Waals surface area contributed by atoms with Gasteiger partial charge in [0.1, 0.15) is 0 Å². The van der Waals surface area contributed by atoms with Crippen LogP contribution in [0.2, 0.25) is 0 Å². The monoisotopic (exact) mass is 846 g/mol. The van der Waals surface area contributed by atoms with Crippen LogP contribution in [-0.4, -0.2) is 9.13 Å². The Hall–Kier alpha value is -8.08. The lowest BCUT2D eigenvalue weighted by Crippen LogP contribution is -2.36. The van der Waals surface area contributed by atoms with E-state index in [4.69, 9.17) is 0 Å². The highest BCUT2D eigenvalue weighted by Crippen LogP contribution is 2.65. The van der Waals surface area contributed by atoms with Gasteiger partial charge in [0.2, 0.25) is 0 Å². The summed E-state index contributed by atoms with van der Waals surface area (Å²) in [6.45, 7) is 4.90. The molecule has 0 bridgehead atoms. The fourth-order valence-corrected chi connectivity index (χ4v) is 12.6. The molecule has 8 aromatic carbocycles. The number of fused-ring (bicyclic) bond motifs is 14. The zero-order valence-corrected chi connectivity index (χ0v) is 36.9. The summed E-state index contributed by atoms with van der Waals surface area (Å²) in [6, 6.07) is 71.8. The number of nitrogens with zero attached hydrogens (tertiary/aromatic N) is 4. The van der Waals surface area contributed by atoms with Gasteiger partial charge in [0.25, 0.3) is 0 Å². The van der Waals surface area contributed by atoms with Crippen LogP contribution in [0.3, 0.4) is 0 Å². The molecule has 0 N–H and O–H groups in total. The molecule has 314 valence electrons. The number of anilines is 4. The Morgan fingerprint density at radius 2 is 1.06 bits per heavy atom. The molecule has 14 rings (SSSR count). The van der Waals surface area contributed by atoms with Crippen molar-refractivity contribution in [3.05, 3.63) is 247 Å². The quantitative estimate of drug-likeness (QED) is 0.172. The van der Waals surface area contributed by atoms with E-state index < -0.39 is 0 Å². The van der Waals surface area contributed by atoms with Crippen LogP contribution in [0, 0.1) is 5.92 Å². The summed E-state index contributed by atoms with van der Waals surface area (Å²) in [5.41, 5.74) is 19.9. The Morgan fingerprint density at radius 3 is 1.80 bits per heavy atom. The fourth-order valence-electron chi connectivity index (χ4n) is 12.6. The zero-order valence-electron chi connectivity index (χ0n) is 36.9. The largest absolute Gasteiger partial charge is 0.313 e. The molecule has 10 aromatic rings. The minimum absolute atomic E-state index is 0.103. The normalized spacial score (nSPS) is 19.7. The molecule has 4 nitrogen and oxygen atoms in total. The minimum Gasteiger partial charge on any atom is -0.313 e. The average Bonchev–Trinajstić information content (AvgIpc) is 4.08. The summed E-state index contributed by atoms with van der Waals surface area (Å²) in [7, 11) is 0. The molecular formula is C62H46N4. The third-order valence-electron chi connectivity index (χ3n) is 15.2. The van der Waals surface area contributed by atoms with Crippen molar-refractivity contribution in [1.29, 1.82) is 0 Å². The van der Waals surface area contributed by atoms with Gasteiger partial charge in [-0.1, -0.05) is 140 Å². The van der Waals surface area contributed by atoms with E-state index in [1.165, 1.54) is 111 Å². The van der Waals surface area contributed by atoms with Crippen LogP contribution in [-0.2, 0) is 5.41 Å². The zero-order chi connectivity index (χ0) is 43.7. The van der Waals surface area contributed by atoms with Gasteiger partial charge in [-0.05, 0) is 121 Å². The van der Waals surface area contributed by atoms with Crippen molar-refractivity contribution in [1.82, 2.24) is 9.13 Å². The molecular weight excluding hydrogens is 801 g/mol. The Balaban J connectivity index is 1.01. The molecule has 2 aliphatic heterocycles. The molecule has 0 fully saturated rings. The Labute approximate surface area is 384 Å². The molecule has 0 saturated carbocycles. The molecule has 2 aromatic heterocycles. The highest BCUT2D eigenvalue weighted by molar-refractivity contribution is 6.29. The van der Waals surface area contributed by atoms with Gasteiger partial charge in [-0.3, -0.25) is 0 Å². The molecule has 0 radical (unpaired) electrons. The van der Waals surface area contributed by atoms with Crippen LogP contribution in [0.4, 0.5) is 22.7 Å². The first-order chi connectivity index (χ1) is 32.6. The second kappa shape index (κ2) is 14.0. The number of allylic oxidation sites excluding steroid dienone is 8. The Morgan fingerprint density at radius 1 is 0.485 bits per heavy atom. The maximum Gasteiger partial charge on any atom is 0.0549 e. The van der Waals surface area contributed by atoms with Crippen molar-refractivity contribution in [2.24, 2.45) is 5.92 Å². The lowest BCUT2D eigenvalue weighted by molar-refractivity contribution is 0.495. The number of para-hydroxylation sites is 7. The first-order valence-corrected chi connectivity index (χ1v) is 23.4. The fraction of sp³-hybridized carbons (Fsp3) is 0.0968. The highest BCUT2D eigenvalue weighted by atomic mass is 15.2. The van der Waals surface area contributed by atoms with Crippen LogP contribution in [0.1, 0.15) is 42.9 Å². The number of rotatable bonds is 5. The molecule has 0 amide bonds. The molecule has 4 aliphatic rings. The second-order valence-electron chi connectivity index (χ2n) is 18.6. The van der Waals surface area contributed by atoms with Gasteiger partial charge < -0.3 is 18.9 Å². The van der Waals surface area contributed by atoms with Crippen molar-refractivity contribution in [3.63, 3.8) is 0 Å². The number of benzene rings is 8. The average molecular weight is 847 g/mol. The third kappa shape index (κ3) is 4.93. The number of hydrogen-bond acceptors (Lipinski definition) is 2. The van der Waals surface area contributed by atoms with E-state index in [0.717, 1.165) is 6.42 Å². The summed E-state index contributed by atoms with van der Waals surface area (Å²) >= 11 is 0. The molecule has 0 saturated heterocycles. The SMILES string of the molecule is CC1CC=CC(n2c3ccccc3c3c4c5ccccc5n(-c5ccccc5)c4ccc32)=C1c1ccccc1N1C2=CC=C3N(c4ccccc4)c4ccccc4C3(C)C2c2ccccc21. The lowest BCUT2D eigenvalue weighted by atomic mass is 9.66. The molecule has 4 heteroatoms. The summed E-state index contributed by atoms with van der Waals surface area (Å²) < 4.78 is 5.00. The molecule has 3 atom stereocenters. The summed E-state index contributed by atoms with van der Waals surface area (Å²) in [6.07, 6.45) is 10.6. The number of aromatic nitrogens is 2. The molecule has 2 aliphatic carbocycles. The van der Waals surface area contributed by atoms with E-state index in [0.29, 0.717) is 0 Å². The van der Waals surface area contributed by atoms with E-state index in [2.05, 4.69) is 251 Å². The Bertz CT molecular complexity index is 3780. The minimum atomic E-state index is -0.306. The van der Waals surface area contributed by atoms with Gasteiger partial charge in [0, 0.05) is 66.9 Å². The van der Waals surface area contributed by atoms with E-state index >= 15 is 0 Å². The van der Waals surface area contributed by atoms with Crippen molar-refractivity contribution in [2.75, 3.05) is 9.80 Å². The topological polar surface area (TPSA) is 16.3 Å². The van der Waals surface area contributed by atoms with Crippen LogP contribution in [0.25, 0.3) is 60.6 Å². The Kier molecular flexibility index (Phi) is 7.89. The molecule has 66 heavy (non-hydrogen) atoms. The number of hydrogen-bond donors (Lipinski definition) is 0. The smallest absolute Gasteiger partial charge is 0.0549 e. The van der Waals surface area contributed by atoms with Gasteiger partial charge in [0.05, 0.1) is 39.1 Å². The van der Waals surface area contributed by atoms with E-state index in [9.17, 15) is 0 Å². The molecule has 4 heterocycles. The molecule has 0 spiro atoms. The maximum atomic E-state index is 2.60. The van der Waals surface area contributed by atoms with Crippen molar-refractivity contribution < 1.29 is 0 Å². The first-order valence-electron chi connectivity index (χ1n) is 23.4. The molecule has 3 unspecified atom stereocenters. The third-order valence-corrected chi connectivity index (χ3v) is 15.2. The van der Waals surface area contributed by atoms with Crippen molar-refractivity contribution >= 4 is 77.6 Å². The van der Waals surface area contributed by atoms with Gasteiger partial charge in [-0.15, -0.1) is 0 Å². The van der Waals surface area contributed by atoms with Gasteiger partial charge >= 0.3 is 0 Å². The lowest BCUT2D eigenvalue weighted by Gasteiger charge is -2.40. The van der Waals surface area contributed by atoms with Gasteiger partial charge in [-0.25, -0.2) is 0 Å². The van der Waals surface area contributed by atoms with E-state index in [-0.39, 0.29) is 17.3 Å². The second-order valence-corrected chi connectivity index (χ2v) is 18.6. The van der Waals surface area contributed by atoms with Crippen LogP contribution in [0.5, 0.6) is 0 Å². The van der Waals surface area contributed by atoms with E-state index in [1.807, 2.05) is 0 Å². The highest BCUT2D eigenvalue weighted by Gasteiger charge is 2.56. The van der Waals surface area contributed by atoms with Crippen molar-refractivity contribution in [3.8, 4) is 5.69 Å². The van der Waals surface area contributed by atoms with E-state index in [1.54, 1.807) is 0 Å². The summed E-state index contributed by atoms with van der Waals surface area (Å²) in [5.74, 6) is 0.372. The maximum absolute atomic E-state index is 2.60. The summed E-state index contributed by atoms with van der Waals surface area (Å²) in [5, 5.41) is 5.12. The van der Waals surface area contributed by atoms with Crippen LogP contribution >= 0.6 is 0 Å².